The van der Waals surface area contributed by atoms with Crippen LogP contribution in [0, 0.1) is 23.4 Å². The van der Waals surface area contributed by atoms with E-state index < -0.39 is 29.3 Å². The van der Waals surface area contributed by atoms with Gasteiger partial charge in [0.2, 0.25) is 5.91 Å². The van der Waals surface area contributed by atoms with Gasteiger partial charge in [-0.3, -0.25) is 4.79 Å². The van der Waals surface area contributed by atoms with Crippen molar-refractivity contribution in [2.24, 2.45) is 5.92 Å². The summed E-state index contributed by atoms with van der Waals surface area (Å²) in [5.74, 6) is -3.47. The molecule has 0 radical (unpaired) electrons. The van der Waals surface area contributed by atoms with E-state index in [1.807, 2.05) is 23.1 Å². The number of ether oxygens (including phenoxy) is 1. The summed E-state index contributed by atoms with van der Waals surface area (Å²) in [5.41, 5.74) is 1.15. The largest absolute Gasteiger partial charge is 0.484 e. The van der Waals surface area contributed by atoms with Gasteiger partial charge < -0.3 is 14.5 Å². The van der Waals surface area contributed by atoms with Crippen LogP contribution < -0.4 is 4.74 Å². The number of amides is 1. The van der Waals surface area contributed by atoms with Gasteiger partial charge in [0, 0.05) is 57.1 Å². The summed E-state index contributed by atoms with van der Waals surface area (Å²) in [4.78, 5) is 17.0. The number of piperidine rings is 2. The molecule has 0 N–H and O–H groups in total. The molecule has 32 heavy (non-hydrogen) atoms. The van der Waals surface area contributed by atoms with Gasteiger partial charge in [-0.1, -0.05) is 30.3 Å². The topological polar surface area (TPSA) is 32.8 Å². The van der Waals surface area contributed by atoms with Crippen molar-refractivity contribution in [1.82, 2.24) is 9.80 Å². The molecule has 2 saturated heterocycles. The summed E-state index contributed by atoms with van der Waals surface area (Å²) in [6, 6.07) is 11.3. The molecule has 0 saturated carbocycles. The minimum Gasteiger partial charge on any atom is -0.484 e. The molecule has 2 heterocycles. The van der Waals surface area contributed by atoms with Crippen LogP contribution in [0.4, 0.5) is 13.2 Å². The molecule has 4 nitrogen and oxygen atoms in total. The van der Waals surface area contributed by atoms with Gasteiger partial charge in [0.1, 0.15) is 11.9 Å². The third-order valence-electron chi connectivity index (χ3n) is 6.16. The van der Waals surface area contributed by atoms with E-state index in [2.05, 4.69) is 29.3 Å². The Balaban J connectivity index is 1.23. The average Bonchev–Trinajstić information content (AvgIpc) is 2.81. The molecule has 2 fully saturated rings. The Labute approximate surface area is 186 Å². The fraction of sp³-hybridized carbons (Fsp3) is 0.400. The number of hydrogen-bond acceptors (Lipinski definition) is 3. The predicted octanol–water partition coefficient (Wildman–Crippen LogP) is 4.86. The number of carbonyl (C=O) groups excluding carboxylic acids is 1. The molecule has 2 aliphatic heterocycles. The highest BCUT2D eigenvalue weighted by Crippen LogP contribution is 2.28. The molecule has 7 heteroatoms. The van der Waals surface area contributed by atoms with E-state index in [0.717, 1.165) is 31.5 Å². The molecule has 2 aliphatic rings. The smallest absolute Gasteiger partial charge is 0.225 e. The van der Waals surface area contributed by atoms with E-state index in [1.165, 1.54) is 0 Å². The molecule has 2 aromatic rings. The Morgan fingerprint density at radius 1 is 0.906 bits per heavy atom. The number of benzene rings is 2. The molecule has 0 aromatic heterocycles. The third kappa shape index (κ3) is 5.44. The standard InChI is InChI=1S/C25H27F3N2O2/c26-20-16-22(27)24(23(28)17-20)32-21-9-14-30(15-10-21)25(31)19-7-12-29(13-8-19)11-6-18-4-2-1-3-5-18/h1-6,11,16-17,19,21H,7-10,12-15H2. The zero-order chi connectivity index (χ0) is 22.5. The summed E-state index contributed by atoms with van der Waals surface area (Å²) in [6.45, 7) is 2.65. The van der Waals surface area contributed by atoms with E-state index >= 15 is 0 Å². The van der Waals surface area contributed by atoms with Crippen molar-refractivity contribution in [3.8, 4) is 5.75 Å². The molecule has 0 unspecified atom stereocenters. The fourth-order valence-corrected chi connectivity index (χ4v) is 4.31. The monoisotopic (exact) mass is 444 g/mol. The molecule has 0 atom stereocenters. The lowest BCUT2D eigenvalue weighted by molar-refractivity contribution is -0.138. The second-order valence-corrected chi connectivity index (χ2v) is 8.38. The molecular weight excluding hydrogens is 417 g/mol. The van der Waals surface area contributed by atoms with Gasteiger partial charge in [-0.25, -0.2) is 13.2 Å². The Hall–Kier alpha value is -2.96. The van der Waals surface area contributed by atoms with Crippen LogP contribution in [0.5, 0.6) is 5.75 Å². The third-order valence-corrected chi connectivity index (χ3v) is 6.16. The zero-order valence-electron chi connectivity index (χ0n) is 17.9. The highest BCUT2D eigenvalue weighted by Gasteiger charge is 2.31. The molecular formula is C25H27F3N2O2. The molecule has 0 bridgehead atoms. The van der Waals surface area contributed by atoms with Crippen LogP contribution in [-0.2, 0) is 4.79 Å². The van der Waals surface area contributed by atoms with Crippen molar-refractivity contribution in [2.75, 3.05) is 26.2 Å². The second kappa shape index (κ2) is 10.1. The lowest BCUT2D eigenvalue weighted by Crippen LogP contribution is -2.46. The van der Waals surface area contributed by atoms with Gasteiger partial charge in [-0.2, -0.15) is 0 Å². The first-order chi connectivity index (χ1) is 15.5. The summed E-state index contributed by atoms with van der Waals surface area (Å²) in [6.07, 6.45) is 6.35. The van der Waals surface area contributed by atoms with Crippen LogP contribution in [0.2, 0.25) is 0 Å². The summed E-state index contributed by atoms with van der Waals surface area (Å²) < 4.78 is 46.2. The Kier molecular flexibility index (Phi) is 7.02. The van der Waals surface area contributed by atoms with Crippen LogP contribution in [0.3, 0.4) is 0 Å². The van der Waals surface area contributed by atoms with Crippen molar-refractivity contribution in [3.63, 3.8) is 0 Å². The Morgan fingerprint density at radius 2 is 1.53 bits per heavy atom. The normalized spacial score (nSPS) is 18.3. The maximum Gasteiger partial charge on any atom is 0.225 e. The number of likely N-dealkylation sites (tertiary alicyclic amines) is 2. The van der Waals surface area contributed by atoms with Crippen LogP contribution in [0.15, 0.2) is 48.7 Å². The minimum absolute atomic E-state index is 0.000770. The second-order valence-electron chi connectivity index (χ2n) is 8.38. The molecule has 0 aliphatic carbocycles. The average molecular weight is 444 g/mol. The predicted molar refractivity (Wildman–Crippen MR) is 116 cm³/mol. The number of rotatable bonds is 5. The van der Waals surface area contributed by atoms with Crippen molar-refractivity contribution >= 4 is 12.0 Å². The number of halogens is 3. The number of carbonyl (C=O) groups is 1. The Morgan fingerprint density at radius 3 is 2.16 bits per heavy atom. The quantitative estimate of drug-likeness (QED) is 0.661. The van der Waals surface area contributed by atoms with E-state index in [0.29, 0.717) is 38.1 Å². The first-order valence-electron chi connectivity index (χ1n) is 11.1. The van der Waals surface area contributed by atoms with Crippen LogP contribution >= 0.6 is 0 Å². The van der Waals surface area contributed by atoms with Gasteiger partial charge in [0.25, 0.3) is 0 Å². The highest BCUT2D eigenvalue weighted by molar-refractivity contribution is 5.79. The maximum absolute atomic E-state index is 13.8. The van der Waals surface area contributed by atoms with E-state index in [4.69, 9.17) is 4.74 Å². The lowest BCUT2D eigenvalue weighted by Gasteiger charge is -2.37. The van der Waals surface area contributed by atoms with Crippen LogP contribution in [0.25, 0.3) is 6.08 Å². The van der Waals surface area contributed by atoms with E-state index in [1.54, 1.807) is 0 Å². The van der Waals surface area contributed by atoms with Gasteiger partial charge in [-0.05, 0) is 30.7 Å². The van der Waals surface area contributed by atoms with Crippen molar-refractivity contribution in [3.05, 3.63) is 71.7 Å². The zero-order valence-corrected chi connectivity index (χ0v) is 17.9. The first kappa shape index (κ1) is 22.2. The minimum atomic E-state index is -1.05. The summed E-state index contributed by atoms with van der Waals surface area (Å²) in [5, 5.41) is 0. The maximum atomic E-state index is 13.8. The number of nitrogens with zero attached hydrogens (tertiary/aromatic N) is 2. The van der Waals surface area contributed by atoms with Gasteiger partial charge in [0.05, 0.1) is 0 Å². The van der Waals surface area contributed by atoms with E-state index in [-0.39, 0.29) is 11.8 Å². The molecule has 4 rings (SSSR count). The molecule has 0 spiro atoms. The SMILES string of the molecule is O=C(C1CCN(C=Cc2ccccc2)CC1)N1CCC(Oc2c(F)cc(F)cc2F)CC1. The highest BCUT2D eigenvalue weighted by atomic mass is 19.1. The fourth-order valence-electron chi connectivity index (χ4n) is 4.31. The lowest BCUT2D eigenvalue weighted by atomic mass is 9.94. The van der Waals surface area contributed by atoms with Gasteiger partial charge in [-0.15, -0.1) is 0 Å². The first-order valence-corrected chi connectivity index (χ1v) is 11.1. The van der Waals surface area contributed by atoms with Crippen molar-refractivity contribution < 1.29 is 22.7 Å². The molecule has 170 valence electrons. The number of hydrogen-bond donors (Lipinski definition) is 0. The van der Waals surface area contributed by atoms with Crippen LogP contribution in [0.1, 0.15) is 31.2 Å². The molecule has 1 amide bonds. The Bertz CT molecular complexity index is 928. The van der Waals surface area contributed by atoms with Gasteiger partial charge in [0.15, 0.2) is 17.4 Å². The van der Waals surface area contributed by atoms with E-state index in [9.17, 15) is 18.0 Å². The van der Waals surface area contributed by atoms with Crippen molar-refractivity contribution in [2.45, 2.75) is 31.8 Å². The summed E-state index contributed by atoms with van der Waals surface area (Å²) in [7, 11) is 0. The van der Waals surface area contributed by atoms with Crippen LogP contribution in [-0.4, -0.2) is 48.0 Å². The molecule has 2 aromatic carbocycles. The van der Waals surface area contributed by atoms with Crippen molar-refractivity contribution in [1.29, 1.82) is 0 Å². The van der Waals surface area contributed by atoms with Gasteiger partial charge >= 0.3 is 0 Å². The summed E-state index contributed by atoms with van der Waals surface area (Å²) >= 11 is 0.